The van der Waals surface area contributed by atoms with E-state index in [0.717, 1.165) is 0 Å². The molecule has 0 N–H and O–H groups in total. The molecule has 2 fully saturated rings. The third-order valence-corrected chi connectivity index (χ3v) is 3.87. The van der Waals surface area contributed by atoms with E-state index in [9.17, 15) is 9.59 Å². The molecule has 0 aliphatic carbocycles. The Morgan fingerprint density at radius 2 is 1.74 bits per heavy atom. The summed E-state index contributed by atoms with van der Waals surface area (Å²) in [6.07, 6.45) is -0.663. The fourth-order valence-corrected chi connectivity index (χ4v) is 2.89. The molecule has 0 spiro atoms. The smallest absolute Gasteiger partial charge is 0.305 e. The molecule has 2 rings (SSSR count). The molecule has 2 aliphatic rings. The minimum atomic E-state index is -0.842. The number of methoxy groups -OCH3 is 1. The number of hydrogen-bond acceptors (Lipinski definition) is 7. The Kier molecular flexibility index (Phi) is 5.45. The Morgan fingerprint density at radius 3 is 2.30 bits per heavy atom. The summed E-state index contributed by atoms with van der Waals surface area (Å²) in [6.45, 7) is 7.69. The van der Waals surface area contributed by atoms with Crippen LogP contribution in [-0.4, -0.2) is 55.4 Å². The Balaban J connectivity index is 1.95. The van der Waals surface area contributed by atoms with Gasteiger partial charge in [0.1, 0.15) is 6.10 Å². The van der Waals surface area contributed by atoms with Crippen LogP contribution in [0, 0.1) is 0 Å². The molecule has 23 heavy (non-hydrogen) atoms. The topological polar surface area (TPSA) is 80.3 Å². The average Bonchev–Trinajstić information content (AvgIpc) is 2.94. The van der Waals surface area contributed by atoms with E-state index in [2.05, 4.69) is 4.74 Å². The molecular formula is C16H26O7. The molecule has 3 atom stereocenters. The number of Topliss-reactive ketones (excluding diaryl/α,β-unsaturated/α-hetero) is 1. The van der Waals surface area contributed by atoms with Crippen molar-refractivity contribution in [2.24, 2.45) is 0 Å². The van der Waals surface area contributed by atoms with E-state index >= 15 is 0 Å². The molecule has 2 heterocycles. The molecule has 0 saturated carbocycles. The second kappa shape index (κ2) is 6.84. The lowest BCUT2D eigenvalue weighted by atomic mass is 10.0. The first-order valence-corrected chi connectivity index (χ1v) is 7.89. The molecule has 0 radical (unpaired) electrons. The number of hydrogen-bond donors (Lipinski definition) is 0. The zero-order chi connectivity index (χ0) is 17.3. The Bertz CT molecular complexity index is 457. The maximum absolute atomic E-state index is 12.4. The van der Waals surface area contributed by atoms with E-state index in [1.54, 1.807) is 13.8 Å². The van der Waals surface area contributed by atoms with Gasteiger partial charge in [0.2, 0.25) is 0 Å². The summed E-state index contributed by atoms with van der Waals surface area (Å²) in [7, 11) is 1.30. The third kappa shape index (κ3) is 4.97. The van der Waals surface area contributed by atoms with Crippen molar-refractivity contribution >= 4 is 11.8 Å². The first-order valence-electron chi connectivity index (χ1n) is 7.89. The van der Waals surface area contributed by atoms with Crippen molar-refractivity contribution < 1.29 is 33.3 Å². The molecule has 0 aromatic heterocycles. The second-order valence-electron chi connectivity index (χ2n) is 6.82. The molecule has 2 saturated heterocycles. The van der Waals surface area contributed by atoms with Gasteiger partial charge in [0, 0.05) is 12.8 Å². The normalized spacial score (nSPS) is 32.0. The van der Waals surface area contributed by atoms with Crippen LogP contribution in [0.15, 0.2) is 0 Å². The summed E-state index contributed by atoms with van der Waals surface area (Å²) in [5.74, 6) is -2.04. The molecule has 132 valence electrons. The summed E-state index contributed by atoms with van der Waals surface area (Å²) >= 11 is 0. The molecule has 7 heteroatoms. The van der Waals surface area contributed by atoms with Crippen LogP contribution < -0.4 is 0 Å². The first-order chi connectivity index (χ1) is 10.6. The van der Waals surface area contributed by atoms with Gasteiger partial charge in [0.15, 0.2) is 17.4 Å². The van der Waals surface area contributed by atoms with Gasteiger partial charge in [-0.05, 0) is 27.7 Å². The predicted molar refractivity (Wildman–Crippen MR) is 79.6 cm³/mol. The molecule has 7 nitrogen and oxygen atoms in total. The number of ketones is 1. The van der Waals surface area contributed by atoms with Crippen LogP contribution in [0.25, 0.3) is 0 Å². The van der Waals surface area contributed by atoms with E-state index in [1.165, 1.54) is 7.11 Å². The highest BCUT2D eigenvalue weighted by Gasteiger charge is 2.47. The van der Waals surface area contributed by atoms with Crippen LogP contribution in [0.2, 0.25) is 0 Å². The number of esters is 1. The van der Waals surface area contributed by atoms with E-state index in [4.69, 9.17) is 18.9 Å². The quantitative estimate of drug-likeness (QED) is 0.684. The van der Waals surface area contributed by atoms with Gasteiger partial charge < -0.3 is 23.7 Å². The maximum atomic E-state index is 12.4. The second-order valence-corrected chi connectivity index (χ2v) is 6.82. The summed E-state index contributed by atoms with van der Waals surface area (Å²) in [5.41, 5.74) is 0. The van der Waals surface area contributed by atoms with Gasteiger partial charge >= 0.3 is 5.97 Å². The fraction of sp³-hybridized carbons (Fsp3) is 0.875. The zero-order valence-corrected chi connectivity index (χ0v) is 14.4. The highest BCUT2D eigenvalue weighted by molar-refractivity contribution is 5.87. The van der Waals surface area contributed by atoms with Gasteiger partial charge in [0.05, 0.1) is 32.3 Å². The maximum Gasteiger partial charge on any atom is 0.305 e. The first kappa shape index (κ1) is 18.3. The van der Waals surface area contributed by atoms with E-state index < -0.39 is 29.8 Å². The lowest BCUT2D eigenvalue weighted by molar-refractivity contribution is -0.159. The van der Waals surface area contributed by atoms with Gasteiger partial charge in [-0.2, -0.15) is 0 Å². The summed E-state index contributed by atoms with van der Waals surface area (Å²) in [6, 6.07) is 0. The van der Waals surface area contributed by atoms with E-state index in [0.29, 0.717) is 13.0 Å². The number of ether oxygens (including phenoxy) is 5. The molecule has 0 bridgehead atoms. The zero-order valence-electron chi connectivity index (χ0n) is 14.4. The minimum absolute atomic E-state index is 0.0401. The summed E-state index contributed by atoms with van der Waals surface area (Å²) in [5, 5.41) is 0. The predicted octanol–water partition coefficient (Wildman–Crippen LogP) is 1.57. The van der Waals surface area contributed by atoms with Crippen LogP contribution in [0.1, 0.15) is 47.0 Å². The van der Waals surface area contributed by atoms with Crippen LogP contribution in [-0.2, 0) is 33.3 Å². The van der Waals surface area contributed by atoms with E-state index in [-0.39, 0.29) is 24.7 Å². The van der Waals surface area contributed by atoms with Crippen LogP contribution >= 0.6 is 0 Å². The Morgan fingerprint density at radius 1 is 1.04 bits per heavy atom. The third-order valence-electron chi connectivity index (χ3n) is 3.87. The molecule has 0 aromatic carbocycles. The van der Waals surface area contributed by atoms with E-state index in [1.807, 2.05) is 13.8 Å². The molecule has 0 amide bonds. The van der Waals surface area contributed by atoms with Gasteiger partial charge in [-0.3, -0.25) is 9.59 Å². The highest BCUT2D eigenvalue weighted by atomic mass is 16.8. The van der Waals surface area contributed by atoms with Gasteiger partial charge in [-0.25, -0.2) is 0 Å². The number of rotatable bonds is 6. The van der Waals surface area contributed by atoms with Crippen LogP contribution in [0.3, 0.4) is 0 Å². The lowest BCUT2D eigenvalue weighted by Gasteiger charge is -2.21. The van der Waals surface area contributed by atoms with Gasteiger partial charge in [0.25, 0.3) is 0 Å². The van der Waals surface area contributed by atoms with Crippen LogP contribution in [0.5, 0.6) is 0 Å². The summed E-state index contributed by atoms with van der Waals surface area (Å²) < 4.78 is 27.5. The van der Waals surface area contributed by atoms with Crippen molar-refractivity contribution in [3.05, 3.63) is 0 Å². The van der Waals surface area contributed by atoms with Gasteiger partial charge in [-0.15, -0.1) is 0 Å². The lowest BCUT2D eigenvalue weighted by Crippen LogP contribution is -2.35. The van der Waals surface area contributed by atoms with Crippen LogP contribution in [0.4, 0.5) is 0 Å². The Hall–Kier alpha value is -1.02. The monoisotopic (exact) mass is 330 g/mol. The number of carbonyl (C=O) groups is 2. The van der Waals surface area contributed by atoms with Crippen molar-refractivity contribution in [2.75, 3.05) is 13.7 Å². The fourth-order valence-electron chi connectivity index (χ4n) is 2.89. The summed E-state index contributed by atoms with van der Waals surface area (Å²) in [4.78, 5) is 23.6. The van der Waals surface area contributed by atoms with Crippen molar-refractivity contribution in [1.82, 2.24) is 0 Å². The molecular weight excluding hydrogens is 304 g/mol. The largest absolute Gasteiger partial charge is 0.469 e. The van der Waals surface area contributed by atoms with Gasteiger partial charge in [-0.1, -0.05) is 0 Å². The molecule has 0 unspecified atom stereocenters. The minimum Gasteiger partial charge on any atom is -0.469 e. The van der Waals surface area contributed by atoms with Crippen molar-refractivity contribution in [1.29, 1.82) is 0 Å². The van der Waals surface area contributed by atoms with Crippen molar-refractivity contribution in [2.45, 2.75) is 76.8 Å². The molecule has 2 aliphatic heterocycles. The molecule has 0 aromatic rings. The highest BCUT2D eigenvalue weighted by Crippen LogP contribution is 2.34. The number of carbonyl (C=O) groups excluding carboxylic acids is 2. The SMILES string of the molecule is COC(=O)CCC(=O)[C@H]1OC(C)(C)O[C@@H]1C[C@@H]1COC(C)(C)O1. The Labute approximate surface area is 136 Å². The average molecular weight is 330 g/mol. The van der Waals surface area contributed by atoms with Crippen molar-refractivity contribution in [3.8, 4) is 0 Å². The van der Waals surface area contributed by atoms with Crippen molar-refractivity contribution in [3.63, 3.8) is 0 Å². The standard InChI is InChI=1S/C16H26O7/c1-15(2)20-9-10(21-15)8-12-14(23-16(3,4)22-12)11(17)6-7-13(18)19-5/h10,12,14H,6-9H2,1-5H3/t10-,12-,14-/m1/s1.